The topological polar surface area (TPSA) is 71.2 Å². The second-order valence-electron chi connectivity index (χ2n) is 7.09. The van der Waals surface area contributed by atoms with Gasteiger partial charge < -0.3 is 14.6 Å². The van der Waals surface area contributed by atoms with Crippen molar-refractivity contribution < 1.29 is 9.90 Å². The molecule has 6 heteroatoms. The highest BCUT2D eigenvalue weighted by molar-refractivity contribution is 5.93. The molecule has 132 valence electrons. The third-order valence-corrected chi connectivity index (χ3v) is 5.60. The van der Waals surface area contributed by atoms with Gasteiger partial charge in [-0.15, -0.1) is 0 Å². The van der Waals surface area contributed by atoms with Gasteiger partial charge in [-0.2, -0.15) is 0 Å². The van der Waals surface area contributed by atoms with Gasteiger partial charge in [-0.3, -0.25) is 9.78 Å². The van der Waals surface area contributed by atoms with Crippen LogP contribution >= 0.6 is 0 Å². The van der Waals surface area contributed by atoms with Crippen molar-refractivity contribution in [2.75, 3.05) is 6.54 Å². The molecule has 6 nitrogen and oxygen atoms in total. The highest BCUT2D eigenvalue weighted by Gasteiger charge is 2.39. The molecule has 1 aliphatic carbocycles. The zero-order valence-electron chi connectivity index (χ0n) is 14.3. The number of nitrogens with zero attached hydrogens (tertiary/aromatic N) is 4. The molecule has 0 radical (unpaired) electrons. The summed E-state index contributed by atoms with van der Waals surface area (Å²) in [5, 5.41) is 10.4. The maximum absolute atomic E-state index is 13.1. The van der Waals surface area contributed by atoms with Crippen molar-refractivity contribution in [3.05, 3.63) is 42.7 Å². The van der Waals surface area contributed by atoms with Gasteiger partial charge in [0.1, 0.15) is 5.69 Å². The van der Waals surface area contributed by atoms with Crippen LogP contribution < -0.4 is 0 Å². The molecule has 0 bridgehead atoms. The van der Waals surface area contributed by atoms with Crippen molar-refractivity contribution >= 4 is 5.91 Å². The van der Waals surface area contributed by atoms with Gasteiger partial charge in [0.2, 0.25) is 0 Å². The molecular weight excluding hydrogens is 316 g/mol. The first-order valence-corrected chi connectivity index (χ1v) is 9.17. The monoisotopic (exact) mass is 340 g/mol. The van der Waals surface area contributed by atoms with Crippen LogP contribution in [-0.2, 0) is 0 Å². The Morgan fingerprint density at radius 1 is 1.16 bits per heavy atom. The Morgan fingerprint density at radius 3 is 2.84 bits per heavy atom. The smallest absolute Gasteiger partial charge is 0.272 e. The van der Waals surface area contributed by atoms with Gasteiger partial charge in [0, 0.05) is 37.1 Å². The van der Waals surface area contributed by atoms with Gasteiger partial charge in [0.25, 0.3) is 5.91 Å². The largest absolute Gasteiger partial charge is 0.393 e. The van der Waals surface area contributed by atoms with Crippen molar-refractivity contribution in [2.24, 2.45) is 5.92 Å². The summed E-state index contributed by atoms with van der Waals surface area (Å²) in [5.41, 5.74) is 1.34. The first-order valence-electron chi connectivity index (χ1n) is 9.17. The van der Waals surface area contributed by atoms with Crippen LogP contribution in [0.2, 0.25) is 0 Å². The Morgan fingerprint density at radius 2 is 2.04 bits per heavy atom. The number of carbonyl (C=O) groups excluding carboxylic acids is 1. The Kier molecular flexibility index (Phi) is 4.53. The van der Waals surface area contributed by atoms with Crippen LogP contribution in [0.4, 0.5) is 0 Å². The van der Waals surface area contributed by atoms with Crippen LogP contribution in [-0.4, -0.2) is 49.1 Å². The molecule has 25 heavy (non-hydrogen) atoms. The molecule has 1 N–H and O–H groups in total. The molecule has 3 atom stereocenters. The van der Waals surface area contributed by atoms with E-state index in [1.807, 2.05) is 27.8 Å². The summed E-state index contributed by atoms with van der Waals surface area (Å²) in [7, 11) is 0. The fourth-order valence-electron chi connectivity index (χ4n) is 4.33. The summed E-state index contributed by atoms with van der Waals surface area (Å²) in [4.78, 5) is 23.4. The number of aliphatic hydroxyl groups excluding tert-OH is 1. The number of likely N-dealkylation sites (tertiary alicyclic amines) is 1. The Balaban J connectivity index is 1.56. The number of hydrogen-bond donors (Lipinski definition) is 1. The Hall–Kier alpha value is -2.21. The van der Waals surface area contributed by atoms with Crippen molar-refractivity contribution in [1.29, 1.82) is 0 Å². The summed E-state index contributed by atoms with van der Waals surface area (Å²) in [6.07, 6.45) is 12.7. The standard InChI is InChI=1S/C19H24N4O2/c24-18-6-2-1-4-15(18)17-5-3-10-23(17)19(25)16-12-14(7-8-21-16)22-11-9-20-13-22/h7-9,11-13,15,17-18,24H,1-6,10H2/t15-,17-,18-/m1/s1. The fraction of sp³-hybridized carbons (Fsp3) is 0.526. The number of rotatable bonds is 3. The predicted molar refractivity (Wildman–Crippen MR) is 93.4 cm³/mol. The first kappa shape index (κ1) is 16.3. The van der Waals surface area contributed by atoms with Crippen LogP contribution in [0, 0.1) is 5.92 Å². The molecule has 1 aliphatic heterocycles. The normalized spacial score (nSPS) is 26.8. The third kappa shape index (κ3) is 3.18. The molecule has 2 aromatic heterocycles. The fourth-order valence-corrected chi connectivity index (χ4v) is 4.33. The van der Waals surface area contributed by atoms with E-state index in [1.54, 1.807) is 18.7 Å². The van der Waals surface area contributed by atoms with E-state index in [9.17, 15) is 9.90 Å². The van der Waals surface area contributed by atoms with Crippen molar-refractivity contribution in [3.63, 3.8) is 0 Å². The summed E-state index contributed by atoms with van der Waals surface area (Å²) in [6.45, 7) is 0.754. The summed E-state index contributed by atoms with van der Waals surface area (Å²) < 4.78 is 1.87. The lowest BCUT2D eigenvalue weighted by atomic mass is 9.80. The second-order valence-corrected chi connectivity index (χ2v) is 7.09. The van der Waals surface area contributed by atoms with E-state index in [-0.39, 0.29) is 24.0 Å². The molecule has 4 rings (SSSR count). The van der Waals surface area contributed by atoms with Crippen molar-refractivity contribution in [3.8, 4) is 5.69 Å². The molecule has 2 aromatic rings. The number of aliphatic hydroxyl groups is 1. The molecule has 1 amide bonds. The van der Waals surface area contributed by atoms with E-state index in [2.05, 4.69) is 9.97 Å². The van der Waals surface area contributed by atoms with Gasteiger partial charge in [-0.25, -0.2) is 4.98 Å². The molecule has 0 aromatic carbocycles. The summed E-state index contributed by atoms with van der Waals surface area (Å²) >= 11 is 0. The highest BCUT2D eigenvalue weighted by Crippen LogP contribution is 2.35. The first-order chi connectivity index (χ1) is 12.2. The Bertz CT molecular complexity index is 731. The van der Waals surface area contributed by atoms with Crippen LogP contribution in [0.15, 0.2) is 37.1 Å². The van der Waals surface area contributed by atoms with E-state index < -0.39 is 0 Å². The zero-order chi connectivity index (χ0) is 17.2. The minimum Gasteiger partial charge on any atom is -0.393 e. The van der Waals surface area contributed by atoms with E-state index in [4.69, 9.17) is 0 Å². The van der Waals surface area contributed by atoms with Gasteiger partial charge in [-0.05, 0) is 37.8 Å². The maximum Gasteiger partial charge on any atom is 0.272 e. The average Bonchev–Trinajstić information content (AvgIpc) is 3.33. The molecule has 2 aliphatic rings. The van der Waals surface area contributed by atoms with Gasteiger partial charge in [-0.1, -0.05) is 12.8 Å². The second kappa shape index (κ2) is 6.96. The SMILES string of the molecule is O=C(c1cc(-n2ccnc2)ccn1)N1CCC[C@@H]1[C@H]1CCCC[C@H]1O. The Labute approximate surface area is 147 Å². The van der Waals surface area contributed by atoms with E-state index in [0.717, 1.165) is 50.8 Å². The highest BCUT2D eigenvalue weighted by atomic mass is 16.3. The summed E-state index contributed by atoms with van der Waals surface area (Å²) in [6, 6.07) is 3.82. The molecule has 0 spiro atoms. The number of hydrogen-bond acceptors (Lipinski definition) is 4. The van der Waals surface area contributed by atoms with Crippen LogP contribution in [0.3, 0.4) is 0 Å². The van der Waals surface area contributed by atoms with Gasteiger partial charge in [0.05, 0.1) is 18.1 Å². The molecule has 1 saturated heterocycles. The molecule has 2 fully saturated rings. The van der Waals surface area contributed by atoms with Crippen molar-refractivity contribution in [2.45, 2.75) is 50.7 Å². The number of carbonyl (C=O) groups is 1. The summed E-state index contributed by atoms with van der Waals surface area (Å²) in [5.74, 6) is 0.180. The molecule has 0 unspecified atom stereocenters. The predicted octanol–water partition coefficient (Wildman–Crippen LogP) is 2.42. The van der Waals surface area contributed by atoms with Gasteiger partial charge in [0.15, 0.2) is 0 Å². The maximum atomic E-state index is 13.1. The third-order valence-electron chi connectivity index (χ3n) is 5.60. The minimum atomic E-state index is -0.280. The van der Waals surface area contributed by atoms with E-state index >= 15 is 0 Å². The van der Waals surface area contributed by atoms with Gasteiger partial charge >= 0.3 is 0 Å². The minimum absolute atomic E-state index is 0.0257. The van der Waals surface area contributed by atoms with Crippen molar-refractivity contribution in [1.82, 2.24) is 19.4 Å². The quantitative estimate of drug-likeness (QED) is 0.931. The van der Waals surface area contributed by atoms with E-state index in [0.29, 0.717) is 5.69 Å². The lowest BCUT2D eigenvalue weighted by Crippen LogP contribution is -2.45. The lowest BCUT2D eigenvalue weighted by Gasteiger charge is -2.37. The average molecular weight is 340 g/mol. The number of imidazole rings is 1. The van der Waals surface area contributed by atoms with Crippen LogP contribution in [0.5, 0.6) is 0 Å². The molecule has 3 heterocycles. The van der Waals surface area contributed by atoms with Crippen LogP contribution in [0.1, 0.15) is 49.0 Å². The van der Waals surface area contributed by atoms with Crippen LogP contribution in [0.25, 0.3) is 5.69 Å². The van der Waals surface area contributed by atoms with E-state index in [1.165, 1.54) is 0 Å². The molecular formula is C19H24N4O2. The number of pyridine rings is 1. The molecule has 1 saturated carbocycles. The lowest BCUT2D eigenvalue weighted by molar-refractivity contribution is 0.0209. The number of aromatic nitrogens is 3. The zero-order valence-corrected chi connectivity index (χ0v) is 14.3. The number of amides is 1.